The quantitative estimate of drug-likeness (QED) is 0.215. The van der Waals surface area contributed by atoms with Gasteiger partial charge in [-0.15, -0.1) is 0 Å². The highest BCUT2D eigenvalue weighted by Gasteiger charge is 2.44. The smallest absolute Gasteiger partial charge is 0.445 e. The zero-order valence-electron chi connectivity index (χ0n) is 21.6. The van der Waals surface area contributed by atoms with Gasteiger partial charge in [0.1, 0.15) is 6.61 Å². The van der Waals surface area contributed by atoms with Crippen molar-refractivity contribution >= 4 is 13.9 Å². The van der Waals surface area contributed by atoms with E-state index in [-0.39, 0.29) is 19.8 Å². The Labute approximate surface area is 215 Å². The van der Waals surface area contributed by atoms with Gasteiger partial charge in [-0.2, -0.15) is 0 Å². The molecule has 2 aromatic carbocycles. The Morgan fingerprint density at radius 1 is 0.889 bits per heavy atom. The number of benzene rings is 2. The van der Waals surface area contributed by atoms with Gasteiger partial charge < -0.3 is 10.1 Å². The zero-order valence-corrected chi connectivity index (χ0v) is 22.5. The molecule has 0 spiro atoms. The summed E-state index contributed by atoms with van der Waals surface area (Å²) in [6, 6.07) is 18.1. The second-order valence-electron chi connectivity index (χ2n) is 9.48. The van der Waals surface area contributed by atoms with Crippen molar-refractivity contribution in [2.24, 2.45) is 0 Å². The topological polar surface area (TPSA) is 83.1 Å². The van der Waals surface area contributed by atoms with Crippen LogP contribution in [0.25, 0.3) is 0 Å². The number of phosphoric ester groups is 1. The number of ether oxygens (including phenoxy) is 1. The molecule has 198 valence electrons. The first-order chi connectivity index (χ1) is 17.5. The van der Waals surface area contributed by atoms with Crippen LogP contribution in [0.1, 0.15) is 68.6 Å². The second kappa shape index (κ2) is 14.5. The number of nitrogens with one attached hydrogen (secondary N) is 1. The van der Waals surface area contributed by atoms with E-state index in [0.717, 1.165) is 17.5 Å². The Morgan fingerprint density at radius 3 is 2.14 bits per heavy atom. The standard InChI is InChI=1S/C28H40NO6P/c1-3-4-5-6-7-9-12-24-15-17-25(18-16-24)19-20-28(22-34-36(31,32-2)35-23-28)29-27(30)33-21-26-13-10-8-11-14-26/h8,10-11,13-18H,3-7,9,12,19-23H2,1-2H3,(H,29,30). The maximum absolute atomic E-state index is 12.6. The summed E-state index contributed by atoms with van der Waals surface area (Å²) in [6.45, 7) is 2.41. The molecule has 36 heavy (non-hydrogen) atoms. The van der Waals surface area contributed by atoms with Gasteiger partial charge in [0.05, 0.1) is 18.8 Å². The predicted molar refractivity (Wildman–Crippen MR) is 141 cm³/mol. The Kier molecular flexibility index (Phi) is 11.5. The number of alkyl carbamates (subject to hydrolysis) is 1. The van der Waals surface area contributed by atoms with Crippen LogP contribution < -0.4 is 5.32 Å². The number of carbonyl (C=O) groups is 1. The van der Waals surface area contributed by atoms with Crippen LogP contribution in [0.2, 0.25) is 0 Å². The van der Waals surface area contributed by atoms with Crippen molar-refractivity contribution < 1.29 is 27.7 Å². The van der Waals surface area contributed by atoms with E-state index in [1.165, 1.54) is 51.2 Å². The molecule has 1 fully saturated rings. The summed E-state index contributed by atoms with van der Waals surface area (Å²) in [7, 11) is -2.32. The Bertz CT molecular complexity index is 954. The van der Waals surface area contributed by atoms with Gasteiger partial charge in [0.2, 0.25) is 0 Å². The van der Waals surface area contributed by atoms with E-state index in [2.05, 4.69) is 36.5 Å². The highest BCUT2D eigenvalue weighted by molar-refractivity contribution is 7.48. The number of unbranched alkanes of at least 4 members (excludes halogenated alkanes) is 5. The first-order valence-electron chi connectivity index (χ1n) is 13.0. The van der Waals surface area contributed by atoms with Crippen molar-refractivity contribution in [2.75, 3.05) is 20.3 Å². The molecule has 0 atom stereocenters. The van der Waals surface area contributed by atoms with E-state index in [1.807, 2.05) is 30.3 Å². The fraction of sp³-hybridized carbons (Fsp3) is 0.536. The van der Waals surface area contributed by atoms with Gasteiger partial charge in [-0.1, -0.05) is 93.6 Å². The normalized spacial score (nSPS) is 21.7. The summed E-state index contributed by atoms with van der Waals surface area (Å²) in [4.78, 5) is 12.6. The zero-order chi connectivity index (χ0) is 25.7. The fourth-order valence-corrected chi connectivity index (χ4v) is 5.31. The van der Waals surface area contributed by atoms with Gasteiger partial charge in [0.25, 0.3) is 0 Å². The third kappa shape index (κ3) is 9.36. The van der Waals surface area contributed by atoms with Crippen LogP contribution in [-0.4, -0.2) is 32.0 Å². The Hall–Kier alpha value is -2.18. The van der Waals surface area contributed by atoms with Crippen LogP contribution in [0.4, 0.5) is 4.79 Å². The maximum Gasteiger partial charge on any atom is 0.474 e. The first-order valence-corrected chi connectivity index (χ1v) is 14.4. The summed E-state index contributed by atoms with van der Waals surface area (Å²) in [6.07, 6.45) is 9.50. The summed E-state index contributed by atoms with van der Waals surface area (Å²) in [5.74, 6) is 0. The molecule has 7 nitrogen and oxygen atoms in total. The molecule has 0 aliphatic carbocycles. The minimum absolute atomic E-state index is 0.00860. The van der Waals surface area contributed by atoms with E-state index >= 15 is 0 Å². The molecule has 2 aromatic rings. The molecule has 1 aliphatic rings. The molecule has 1 amide bonds. The number of phosphoric acid groups is 1. The van der Waals surface area contributed by atoms with Crippen LogP contribution in [0, 0.1) is 0 Å². The number of hydrogen-bond acceptors (Lipinski definition) is 6. The number of hydrogen-bond donors (Lipinski definition) is 1. The van der Waals surface area contributed by atoms with Gasteiger partial charge in [0, 0.05) is 7.11 Å². The summed E-state index contributed by atoms with van der Waals surface area (Å²) >= 11 is 0. The number of rotatable bonds is 14. The monoisotopic (exact) mass is 517 g/mol. The van der Waals surface area contributed by atoms with Gasteiger partial charge in [-0.25, -0.2) is 9.36 Å². The van der Waals surface area contributed by atoms with E-state index in [0.29, 0.717) is 12.8 Å². The van der Waals surface area contributed by atoms with Crippen molar-refractivity contribution in [3.8, 4) is 0 Å². The summed E-state index contributed by atoms with van der Waals surface area (Å²) in [5.41, 5.74) is 2.51. The Morgan fingerprint density at radius 2 is 1.50 bits per heavy atom. The van der Waals surface area contributed by atoms with Crippen molar-refractivity contribution in [1.82, 2.24) is 5.32 Å². The van der Waals surface area contributed by atoms with E-state index < -0.39 is 19.5 Å². The molecule has 0 aromatic heterocycles. The van der Waals surface area contributed by atoms with Gasteiger partial charge in [0.15, 0.2) is 0 Å². The third-order valence-electron chi connectivity index (χ3n) is 6.54. The molecular weight excluding hydrogens is 477 g/mol. The molecule has 1 aliphatic heterocycles. The SMILES string of the molecule is CCCCCCCCc1ccc(CCC2(NC(=O)OCc3ccccc3)COP(=O)(OC)OC2)cc1. The number of aryl methyl sites for hydroxylation is 2. The maximum atomic E-state index is 12.6. The van der Waals surface area contributed by atoms with E-state index in [4.69, 9.17) is 18.3 Å². The number of carbonyl (C=O) groups excluding carboxylic acids is 1. The lowest BCUT2D eigenvalue weighted by Crippen LogP contribution is -2.57. The summed E-state index contributed by atoms with van der Waals surface area (Å²) < 4.78 is 33.5. The molecule has 0 unspecified atom stereocenters. The highest BCUT2D eigenvalue weighted by Crippen LogP contribution is 2.52. The first kappa shape index (κ1) is 28.4. The molecule has 3 rings (SSSR count). The minimum Gasteiger partial charge on any atom is -0.445 e. The van der Waals surface area contributed by atoms with Gasteiger partial charge >= 0.3 is 13.9 Å². The predicted octanol–water partition coefficient (Wildman–Crippen LogP) is 6.99. The fourth-order valence-electron chi connectivity index (χ4n) is 4.21. The van der Waals surface area contributed by atoms with Crippen molar-refractivity contribution in [2.45, 2.75) is 76.9 Å². The lowest BCUT2D eigenvalue weighted by Gasteiger charge is -2.38. The van der Waals surface area contributed by atoms with Crippen LogP contribution in [0.3, 0.4) is 0 Å². The molecule has 0 bridgehead atoms. The van der Waals surface area contributed by atoms with E-state index in [9.17, 15) is 9.36 Å². The lowest BCUT2D eigenvalue weighted by molar-refractivity contribution is 0.00929. The average molecular weight is 518 g/mol. The molecular formula is C28H40NO6P. The van der Waals surface area contributed by atoms with Crippen LogP contribution >= 0.6 is 7.82 Å². The van der Waals surface area contributed by atoms with Crippen molar-refractivity contribution in [3.63, 3.8) is 0 Å². The lowest BCUT2D eigenvalue weighted by atomic mass is 9.92. The molecule has 1 heterocycles. The molecule has 1 saturated heterocycles. The number of amides is 1. The van der Waals surface area contributed by atoms with Crippen LogP contribution in [0.15, 0.2) is 54.6 Å². The van der Waals surface area contributed by atoms with Gasteiger partial charge in [-0.3, -0.25) is 13.6 Å². The molecule has 0 radical (unpaired) electrons. The molecule has 0 saturated carbocycles. The largest absolute Gasteiger partial charge is 0.474 e. The third-order valence-corrected chi connectivity index (χ3v) is 7.87. The minimum atomic E-state index is -3.60. The van der Waals surface area contributed by atoms with Crippen molar-refractivity contribution in [1.29, 1.82) is 0 Å². The van der Waals surface area contributed by atoms with Crippen LogP contribution in [0.5, 0.6) is 0 Å². The Balaban J connectivity index is 1.53. The molecule has 8 heteroatoms. The summed E-state index contributed by atoms with van der Waals surface area (Å²) in [5, 5.41) is 2.91. The average Bonchev–Trinajstić information content (AvgIpc) is 2.91. The highest BCUT2D eigenvalue weighted by atomic mass is 31.2. The van der Waals surface area contributed by atoms with Crippen LogP contribution in [-0.2, 0) is 42.3 Å². The van der Waals surface area contributed by atoms with Crippen molar-refractivity contribution in [3.05, 3.63) is 71.3 Å². The second-order valence-corrected chi connectivity index (χ2v) is 11.3. The molecule has 1 N–H and O–H groups in total. The van der Waals surface area contributed by atoms with E-state index in [1.54, 1.807) is 0 Å². The van der Waals surface area contributed by atoms with Gasteiger partial charge in [-0.05, 0) is 42.4 Å².